The third-order valence-corrected chi connectivity index (χ3v) is 2.81. The molecule has 2 rings (SSSR count). The van der Waals surface area contributed by atoms with E-state index in [-0.39, 0.29) is 10.9 Å². The molecular weight excluding hydrogens is 279 g/mol. The van der Waals surface area contributed by atoms with E-state index >= 15 is 0 Å². The van der Waals surface area contributed by atoms with Crippen LogP contribution in [0.2, 0.25) is 5.02 Å². The standard InChI is InChI=1S/C15H12ClFN2O/c16-13-9-12(5-6-14(13)17)19-15(20)7-4-10-2-1-3-11(18)8-10/h1-9H,18H2,(H,19,20)/b7-4+. The third kappa shape index (κ3) is 3.83. The number of anilines is 2. The van der Waals surface area contributed by atoms with E-state index in [0.717, 1.165) is 5.56 Å². The molecule has 0 saturated carbocycles. The molecule has 0 atom stereocenters. The molecule has 0 radical (unpaired) electrons. The van der Waals surface area contributed by atoms with Gasteiger partial charge in [0.25, 0.3) is 0 Å². The van der Waals surface area contributed by atoms with Gasteiger partial charge in [-0.15, -0.1) is 0 Å². The van der Waals surface area contributed by atoms with Crippen molar-refractivity contribution in [3.63, 3.8) is 0 Å². The molecule has 0 aliphatic carbocycles. The molecule has 20 heavy (non-hydrogen) atoms. The second kappa shape index (κ2) is 6.21. The zero-order valence-electron chi connectivity index (χ0n) is 10.4. The first-order valence-corrected chi connectivity index (χ1v) is 6.22. The van der Waals surface area contributed by atoms with Crippen LogP contribution in [-0.4, -0.2) is 5.91 Å². The van der Waals surface area contributed by atoms with Crippen molar-refractivity contribution < 1.29 is 9.18 Å². The Kier molecular flexibility index (Phi) is 4.38. The van der Waals surface area contributed by atoms with Crippen molar-refractivity contribution in [2.75, 3.05) is 11.1 Å². The van der Waals surface area contributed by atoms with Gasteiger partial charge in [0.05, 0.1) is 5.02 Å². The third-order valence-electron chi connectivity index (χ3n) is 2.52. The molecule has 0 heterocycles. The van der Waals surface area contributed by atoms with Gasteiger partial charge in [0, 0.05) is 17.5 Å². The quantitative estimate of drug-likeness (QED) is 0.669. The van der Waals surface area contributed by atoms with Gasteiger partial charge in [0.15, 0.2) is 0 Å². The minimum absolute atomic E-state index is 0.0392. The Morgan fingerprint density at radius 1 is 1.25 bits per heavy atom. The van der Waals surface area contributed by atoms with Gasteiger partial charge in [-0.05, 0) is 42.0 Å². The highest BCUT2D eigenvalue weighted by molar-refractivity contribution is 6.31. The molecule has 1 amide bonds. The highest BCUT2D eigenvalue weighted by Crippen LogP contribution is 2.19. The lowest BCUT2D eigenvalue weighted by Gasteiger charge is -2.03. The van der Waals surface area contributed by atoms with Crippen LogP contribution in [0.4, 0.5) is 15.8 Å². The number of amides is 1. The van der Waals surface area contributed by atoms with Crippen molar-refractivity contribution in [1.82, 2.24) is 0 Å². The maximum Gasteiger partial charge on any atom is 0.248 e. The van der Waals surface area contributed by atoms with Gasteiger partial charge in [-0.25, -0.2) is 4.39 Å². The summed E-state index contributed by atoms with van der Waals surface area (Å²) in [5.41, 5.74) is 7.50. The second-order valence-corrected chi connectivity index (χ2v) is 4.53. The van der Waals surface area contributed by atoms with Crippen molar-refractivity contribution >= 4 is 35.0 Å². The van der Waals surface area contributed by atoms with Crippen LogP contribution in [0.5, 0.6) is 0 Å². The van der Waals surface area contributed by atoms with E-state index in [0.29, 0.717) is 11.4 Å². The highest BCUT2D eigenvalue weighted by Gasteiger charge is 2.02. The average molecular weight is 291 g/mol. The van der Waals surface area contributed by atoms with Gasteiger partial charge in [0.2, 0.25) is 5.91 Å². The number of rotatable bonds is 3. The minimum Gasteiger partial charge on any atom is -0.399 e. The van der Waals surface area contributed by atoms with Crippen molar-refractivity contribution in [3.8, 4) is 0 Å². The first-order chi connectivity index (χ1) is 9.54. The Balaban J connectivity index is 2.03. The van der Waals surface area contributed by atoms with Crippen molar-refractivity contribution in [1.29, 1.82) is 0 Å². The van der Waals surface area contributed by atoms with Crippen molar-refractivity contribution in [2.24, 2.45) is 0 Å². The van der Waals surface area contributed by atoms with E-state index in [1.165, 1.54) is 24.3 Å². The summed E-state index contributed by atoms with van der Waals surface area (Å²) < 4.78 is 13.0. The van der Waals surface area contributed by atoms with E-state index in [1.54, 1.807) is 24.3 Å². The van der Waals surface area contributed by atoms with E-state index in [4.69, 9.17) is 17.3 Å². The van der Waals surface area contributed by atoms with Crippen LogP contribution < -0.4 is 11.1 Å². The van der Waals surface area contributed by atoms with Crippen LogP contribution in [0.3, 0.4) is 0 Å². The molecule has 5 heteroatoms. The second-order valence-electron chi connectivity index (χ2n) is 4.12. The number of hydrogen-bond donors (Lipinski definition) is 2. The summed E-state index contributed by atoms with van der Waals surface area (Å²) in [6.07, 6.45) is 3.00. The lowest BCUT2D eigenvalue weighted by atomic mass is 10.2. The molecule has 0 aliphatic rings. The molecule has 3 nitrogen and oxygen atoms in total. The number of nitrogens with one attached hydrogen (secondary N) is 1. The number of benzene rings is 2. The summed E-state index contributed by atoms with van der Waals surface area (Å²) in [5.74, 6) is -0.866. The van der Waals surface area contributed by atoms with Gasteiger partial charge in [-0.2, -0.15) is 0 Å². The molecule has 2 aromatic carbocycles. The Labute approximate surface area is 120 Å². The lowest BCUT2D eigenvalue weighted by Crippen LogP contribution is -2.07. The summed E-state index contributed by atoms with van der Waals surface area (Å²) >= 11 is 5.63. The van der Waals surface area contributed by atoms with Gasteiger partial charge in [-0.1, -0.05) is 23.7 Å². The number of hydrogen-bond acceptors (Lipinski definition) is 2. The molecule has 0 bridgehead atoms. The fourth-order valence-electron chi connectivity index (χ4n) is 1.59. The predicted octanol–water partition coefficient (Wildman–Crippen LogP) is 3.71. The minimum atomic E-state index is -0.528. The molecule has 3 N–H and O–H groups in total. The Morgan fingerprint density at radius 3 is 2.75 bits per heavy atom. The molecule has 0 aliphatic heterocycles. The van der Waals surface area contributed by atoms with Crippen LogP contribution >= 0.6 is 11.6 Å². The largest absolute Gasteiger partial charge is 0.399 e. The molecular formula is C15H12ClFN2O. The molecule has 0 fully saturated rings. The maximum atomic E-state index is 13.0. The van der Waals surface area contributed by atoms with Crippen molar-refractivity contribution in [3.05, 3.63) is 64.9 Å². The molecule has 0 spiro atoms. The Hall–Kier alpha value is -2.33. The summed E-state index contributed by atoms with van der Waals surface area (Å²) in [6, 6.07) is 11.1. The SMILES string of the molecule is Nc1cccc(/C=C/C(=O)Nc2ccc(F)c(Cl)c2)c1. The monoisotopic (exact) mass is 290 g/mol. The van der Waals surface area contributed by atoms with E-state index in [2.05, 4.69) is 5.32 Å². The molecule has 2 aromatic rings. The van der Waals surface area contributed by atoms with Crippen LogP contribution in [0.15, 0.2) is 48.5 Å². The first-order valence-electron chi connectivity index (χ1n) is 5.84. The van der Waals surface area contributed by atoms with E-state index in [9.17, 15) is 9.18 Å². The topological polar surface area (TPSA) is 55.1 Å². The summed E-state index contributed by atoms with van der Waals surface area (Å²) in [4.78, 5) is 11.7. The molecule has 0 saturated heterocycles. The van der Waals surface area contributed by atoms with Gasteiger partial charge in [-0.3, -0.25) is 4.79 Å². The van der Waals surface area contributed by atoms with Gasteiger partial charge in [0.1, 0.15) is 5.82 Å². The van der Waals surface area contributed by atoms with Gasteiger partial charge >= 0.3 is 0 Å². The normalized spacial score (nSPS) is 10.7. The molecule has 0 aromatic heterocycles. The summed E-state index contributed by atoms with van der Waals surface area (Å²) in [7, 11) is 0. The summed E-state index contributed by atoms with van der Waals surface area (Å²) in [5, 5.41) is 2.55. The fourth-order valence-corrected chi connectivity index (χ4v) is 1.77. The highest BCUT2D eigenvalue weighted by atomic mass is 35.5. The number of nitrogen functional groups attached to an aromatic ring is 1. The zero-order valence-corrected chi connectivity index (χ0v) is 11.2. The van der Waals surface area contributed by atoms with E-state index in [1.807, 2.05) is 6.07 Å². The lowest BCUT2D eigenvalue weighted by molar-refractivity contribution is -0.111. The number of nitrogens with two attached hydrogens (primary N) is 1. The summed E-state index contributed by atoms with van der Waals surface area (Å²) in [6.45, 7) is 0. The van der Waals surface area contributed by atoms with Crippen LogP contribution in [-0.2, 0) is 4.79 Å². The first kappa shape index (κ1) is 14.1. The smallest absolute Gasteiger partial charge is 0.248 e. The number of carbonyl (C=O) groups is 1. The fraction of sp³-hybridized carbons (Fsp3) is 0. The van der Waals surface area contributed by atoms with Crippen LogP contribution in [0.1, 0.15) is 5.56 Å². The Bertz CT molecular complexity index is 671. The van der Waals surface area contributed by atoms with Crippen LogP contribution in [0, 0.1) is 5.82 Å². The number of carbonyl (C=O) groups excluding carboxylic acids is 1. The maximum absolute atomic E-state index is 13.0. The average Bonchev–Trinajstić information content (AvgIpc) is 2.41. The van der Waals surface area contributed by atoms with Gasteiger partial charge < -0.3 is 11.1 Å². The number of halogens is 2. The predicted molar refractivity (Wildman–Crippen MR) is 79.9 cm³/mol. The zero-order chi connectivity index (χ0) is 14.5. The van der Waals surface area contributed by atoms with Crippen LogP contribution in [0.25, 0.3) is 6.08 Å². The van der Waals surface area contributed by atoms with Crippen molar-refractivity contribution in [2.45, 2.75) is 0 Å². The molecule has 102 valence electrons. The van der Waals surface area contributed by atoms with E-state index < -0.39 is 5.82 Å². The molecule has 0 unspecified atom stereocenters. The Morgan fingerprint density at radius 2 is 2.05 bits per heavy atom.